The number of aliphatic imine (C=N–C) groups is 1. The summed E-state index contributed by atoms with van der Waals surface area (Å²) in [4.78, 5) is 35.1. The maximum atomic E-state index is 11.9. The Hall–Kier alpha value is -3.80. The Morgan fingerprint density at radius 2 is 1.56 bits per heavy atom. The third-order valence-corrected chi connectivity index (χ3v) is 4.28. The Balaban J connectivity index is 1.93. The zero-order chi connectivity index (χ0) is 18.8. The lowest BCUT2D eigenvalue weighted by atomic mass is 10.0. The molecular weight excluding hydrogens is 340 g/mol. The van der Waals surface area contributed by atoms with Crippen LogP contribution in [-0.4, -0.2) is 20.2 Å². The number of fused-ring (bicyclic) bond motifs is 1. The minimum absolute atomic E-state index is 0.349. The molecule has 0 amide bonds. The highest BCUT2D eigenvalue weighted by molar-refractivity contribution is 6.14. The van der Waals surface area contributed by atoms with Gasteiger partial charge >= 0.3 is 11.1 Å². The van der Waals surface area contributed by atoms with E-state index in [0.717, 1.165) is 16.8 Å². The van der Waals surface area contributed by atoms with Gasteiger partial charge in [0.15, 0.2) is 5.65 Å². The molecule has 0 atom stereocenters. The number of hydrogen-bond donors (Lipinski definition) is 1. The minimum Gasteiger partial charge on any atom is -0.304 e. The summed E-state index contributed by atoms with van der Waals surface area (Å²) < 4.78 is 1.28. The van der Waals surface area contributed by atoms with Gasteiger partial charge in [0.25, 0.3) is 0 Å². The molecule has 0 aliphatic rings. The van der Waals surface area contributed by atoms with Gasteiger partial charge in [0.2, 0.25) is 0 Å². The second kappa shape index (κ2) is 6.84. The molecular formula is C21H16N4O2. The Bertz CT molecular complexity index is 1210. The maximum absolute atomic E-state index is 11.9. The van der Waals surface area contributed by atoms with Crippen molar-refractivity contribution in [3.05, 3.63) is 105 Å². The monoisotopic (exact) mass is 356 g/mol. The van der Waals surface area contributed by atoms with Crippen LogP contribution in [-0.2, 0) is 7.05 Å². The van der Waals surface area contributed by atoms with Crippen molar-refractivity contribution >= 4 is 22.6 Å². The quantitative estimate of drug-likeness (QED) is 0.453. The molecule has 6 nitrogen and oxygen atoms in total. The van der Waals surface area contributed by atoms with Crippen LogP contribution in [0.2, 0.25) is 0 Å². The van der Waals surface area contributed by atoms with Crippen molar-refractivity contribution in [1.82, 2.24) is 14.5 Å². The van der Waals surface area contributed by atoms with Crippen molar-refractivity contribution in [1.29, 1.82) is 0 Å². The summed E-state index contributed by atoms with van der Waals surface area (Å²) >= 11 is 0. The molecule has 0 radical (unpaired) electrons. The van der Waals surface area contributed by atoms with Crippen molar-refractivity contribution in [2.45, 2.75) is 0 Å². The number of nitrogens with one attached hydrogen (secondary N) is 1. The molecule has 0 fully saturated rings. The fourth-order valence-electron chi connectivity index (χ4n) is 2.90. The number of hydrogen-bond acceptors (Lipinski definition) is 4. The fraction of sp³-hybridized carbons (Fsp3) is 0.0476. The van der Waals surface area contributed by atoms with Gasteiger partial charge in [0.05, 0.1) is 23.1 Å². The van der Waals surface area contributed by atoms with Gasteiger partial charge in [-0.25, -0.2) is 9.98 Å². The highest BCUT2D eigenvalue weighted by atomic mass is 16.2. The van der Waals surface area contributed by atoms with Crippen molar-refractivity contribution in [3.63, 3.8) is 0 Å². The first-order valence-corrected chi connectivity index (χ1v) is 8.42. The Morgan fingerprint density at radius 1 is 0.963 bits per heavy atom. The van der Waals surface area contributed by atoms with Crippen LogP contribution >= 0.6 is 0 Å². The van der Waals surface area contributed by atoms with E-state index < -0.39 is 11.1 Å². The molecule has 0 saturated carbocycles. The van der Waals surface area contributed by atoms with Gasteiger partial charge in [0.1, 0.15) is 0 Å². The molecule has 4 rings (SSSR count). The summed E-state index contributed by atoms with van der Waals surface area (Å²) in [5, 5.41) is 0. The van der Waals surface area contributed by atoms with Crippen LogP contribution in [0.15, 0.2) is 87.5 Å². The summed E-state index contributed by atoms with van der Waals surface area (Å²) in [6.45, 7) is 0. The van der Waals surface area contributed by atoms with Crippen LogP contribution in [0.5, 0.6) is 0 Å². The normalized spacial score (nSPS) is 10.7. The topological polar surface area (TPSA) is 80.1 Å². The molecule has 0 aliphatic heterocycles. The largest absolute Gasteiger partial charge is 0.316 e. The Labute approximate surface area is 154 Å². The average Bonchev–Trinajstić information content (AvgIpc) is 2.72. The lowest BCUT2D eigenvalue weighted by molar-refractivity contribution is 0.868. The lowest BCUT2D eigenvalue weighted by Crippen LogP contribution is -2.34. The Morgan fingerprint density at radius 3 is 2.15 bits per heavy atom. The maximum Gasteiger partial charge on any atom is 0.316 e. The van der Waals surface area contributed by atoms with E-state index in [1.54, 1.807) is 19.3 Å². The summed E-state index contributed by atoms with van der Waals surface area (Å²) in [5.41, 5.74) is 2.88. The van der Waals surface area contributed by atoms with Crippen LogP contribution in [0.1, 0.15) is 11.1 Å². The van der Waals surface area contributed by atoms with Gasteiger partial charge < -0.3 is 9.55 Å². The van der Waals surface area contributed by atoms with Crippen molar-refractivity contribution in [2.75, 3.05) is 0 Å². The summed E-state index contributed by atoms with van der Waals surface area (Å²) in [7, 11) is 1.55. The van der Waals surface area contributed by atoms with E-state index in [9.17, 15) is 9.59 Å². The lowest BCUT2D eigenvalue weighted by Gasteiger charge is -2.08. The predicted octanol–water partition coefficient (Wildman–Crippen LogP) is 2.79. The molecule has 2 aromatic carbocycles. The molecule has 0 aliphatic carbocycles. The number of H-pyrrole nitrogens is 1. The van der Waals surface area contributed by atoms with E-state index in [4.69, 9.17) is 4.99 Å². The van der Waals surface area contributed by atoms with E-state index in [0.29, 0.717) is 16.9 Å². The second-order valence-corrected chi connectivity index (χ2v) is 6.07. The van der Waals surface area contributed by atoms with Gasteiger partial charge in [-0.2, -0.15) is 0 Å². The number of aryl methyl sites for hydroxylation is 1. The molecule has 2 aromatic heterocycles. The molecule has 27 heavy (non-hydrogen) atoms. The van der Waals surface area contributed by atoms with E-state index in [1.165, 1.54) is 4.57 Å². The minimum atomic E-state index is -0.692. The first kappa shape index (κ1) is 16.7. The summed E-state index contributed by atoms with van der Waals surface area (Å²) in [6.07, 6.45) is 1.58. The van der Waals surface area contributed by atoms with Gasteiger partial charge in [-0.3, -0.25) is 9.59 Å². The molecule has 1 N–H and O–H groups in total. The van der Waals surface area contributed by atoms with Gasteiger partial charge in [-0.15, -0.1) is 0 Å². The molecule has 0 bridgehead atoms. The number of rotatable bonds is 3. The SMILES string of the molecule is Cn1c(=O)c(=O)[nH]c2ncc(N=C(c3ccccc3)c3ccccc3)cc21. The fourth-order valence-corrected chi connectivity index (χ4v) is 2.90. The molecule has 2 heterocycles. The van der Waals surface area contributed by atoms with E-state index in [1.807, 2.05) is 60.7 Å². The second-order valence-electron chi connectivity index (χ2n) is 6.07. The van der Waals surface area contributed by atoms with Crippen LogP contribution in [0.3, 0.4) is 0 Å². The average molecular weight is 356 g/mol. The predicted molar refractivity (Wildman–Crippen MR) is 106 cm³/mol. The molecule has 4 aromatic rings. The Kier molecular flexibility index (Phi) is 4.22. The first-order valence-electron chi connectivity index (χ1n) is 8.42. The smallest absolute Gasteiger partial charge is 0.304 e. The van der Waals surface area contributed by atoms with Crippen LogP contribution in [0, 0.1) is 0 Å². The number of benzene rings is 2. The van der Waals surface area contributed by atoms with E-state index in [-0.39, 0.29) is 0 Å². The molecule has 0 unspecified atom stereocenters. The van der Waals surface area contributed by atoms with Crippen LogP contribution < -0.4 is 11.1 Å². The van der Waals surface area contributed by atoms with Crippen molar-refractivity contribution < 1.29 is 0 Å². The van der Waals surface area contributed by atoms with Crippen LogP contribution in [0.25, 0.3) is 11.2 Å². The molecule has 132 valence electrons. The van der Waals surface area contributed by atoms with Crippen molar-refractivity contribution in [3.8, 4) is 0 Å². The van der Waals surface area contributed by atoms with Gasteiger partial charge in [-0.1, -0.05) is 60.7 Å². The highest BCUT2D eigenvalue weighted by Crippen LogP contribution is 2.20. The third-order valence-electron chi connectivity index (χ3n) is 4.28. The number of aromatic amines is 1. The van der Waals surface area contributed by atoms with E-state index in [2.05, 4.69) is 9.97 Å². The summed E-state index contributed by atoms with van der Waals surface area (Å²) in [6, 6.07) is 21.5. The van der Waals surface area contributed by atoms with E-state index >= 15 is 0 Å². The summed E-state index contributed by atoms with van der Waals surface area (Å²) in [5.74, 6) is 0. The molecule has 0 saturated heterocycles. The third kappa shape index (κ3) is 3.20. The number of nitrogens with zero attached hydrogens (tertiary/aromatic N) is 3. The first-order chi connectivity index (χ1) is 13.1. The molecule has 6 heteroatoms. The highest BCUT2D eigenvalue weighted by Gasteiger charge is 2.09. The van der Waals surface area contributed by atoms with Crippen molar-refractivity contribution in [2.24, 2.45) is 12.0 Å². The van der Waals surface area contributed by atoms with Crippen LogP contribution in [0.4, 0.5) is 5.69 Å². The van der Waals surface area contributed by atoms with Gasteiger partial charge in [-0.05, 0) is 6.07 Å². The molecule has 0 spiro atoms. The zero-order valence-corrected chi connectivity index (χ0v) is 14.6. The number of aromatic nitrogens is 3. The zero-order valence-electron chi connectivity index (χ0n) is 14.6. The number of pyridine rings is 1. The van der Waals surface area contributed by atoms with Gasteiger partial charge in [0, 0.05) is 18.2 Å². The standard InChI is InChI=1S/C21H16N4O2/c1-25-17-12-16(13-22-19(17)24-20(26)21(25)27)23-18(14-8-4-2-5-9-14)15-10-6-3-7-11-15/h2-13H,1H3,(H,22,24,26).